The minimum Gasteiger partial charge on any atom is -0.457 e. The highest BCUT2D eigenvalue weighted by Gasteiger charge is 2.14. The van der Waals surface area contributed by atoms with Gasteiger partial charge in [0.25, 0.3) is 5.91 Å². The van der Waals surface area contributed by atoms with Crippen LogP contribution in [-0.4, -0.2) is 43.8 Å². The Kier molecular flexibility index (Phi) is 5.97. The number of carbonyl (C=O) groups excluding carboxylic acids is 1. The molecule has 0 aromatic heterocycles. The van der Waals surface area contributed by atoms with E-state index in [0.29, 0.717) is 29.4 Å². The quantitative estimate of drug-likeness (QED) is 0.738. The summed E-state index contributed by atoms with van der Waals surface area (Å²) in [6, 6.07) is 12.6. The zero-order chi connectivity index (χ0) is 19.2. The lowest BCUT2D eigenvalue weighted by molar-refractivity contribution is 0.0951. The summed E-state index contributed by atoms with van der Waals surface area (Å²) in [5.74, 6) is 2.69. The SMILES string of the molecule is O=C(NCCCN1CCCCC1)c1ccc(Oc2ccc3c(c2)OCO3)cc1. The van der Waals surface area contributed by atoms with Crippen molar-refractivity contribution in [1.82, 2.24) is 10.2 Å². The fourth-order valence-corrected chi connectivity index (χ4v) is 3.54. The first kappa shape index (κ1) is 18.6. The van der Waals surface area contributed by atoms with Crippen LogP contribution in [0.2, 0.25) is 0 Å². The highest BCUT2D eigenvalue weighted by molar-refractivity contribution is 5.94. The number of hydrogen-bond donors (Lipinski definition) is 1. The van der Waals surface area contributed by atoms with Gasteiger partial charge in [-0.25, -0.2) is 0 Å². The van der Waals surface area contributed by atoms with Crippen LogP contribution in [0.4, 0.5) is 0 Å². The minimum absolute atomic E-state index is 0.0479. The Bertz CT molecular complexity index is 801. The summed E-state index contributed by atoms with van der Waals surface area (Å²) in [5, 5.41) is 3.00. The number of fused-ring (bicyclic) bond motifs is 1. The van der Waals surface area contributed by atoms with E-state index >= 15 is 0 Å². The average Bonchev–Trinajstić information content (AvgIpc) is 3.20. The molecular formula is C22H26N2O4. The molecular weight excluding hydrogens is 356 g/mol. The number of benzene rings is 2. The summed E-state index contributed by atoms with van der Waals surface area (Å²) in [6.07, 6.45) is 4.93. The molecule has 1 saturated heterocycles. The average molecular weight is 382 g/mol. The maximum atomic E-state index is 12.3. The summed E-state index contributed by atoms with van der Waals surface area (Å²) < 4.78 is 16.5. The lowest BCUT2D eigenvalue weighted by Gasteiger charge is -2.26. The number of carbonyl (C=O) groups is 1. The molecule has 0 bridgehead atoms. The standard InChI is InChI=1S/C22H26N2O4/c25-22(23-11-4-14-24-12-2-1-3-13-24)17-5-7-18(8-6-17)28-19-9-10-20-21(15-19)27-16-26-20/h5-10,15H,1-4,11-14,16H2,(H,23,25). The summed E-state index contributed by atoms with van der Waals surface area (Å²) >= 11 is 0. The van der Waals surface area contributed by atoms with Crippen LogP contribution in [0.3, 0.4) is 0 Å². The van der Waals surface area contributed by atoms with Crippen LogP contribution >= 0.6 is 0 Å². The van der Waals surface area contributed by atoms with Gasteiger partial charge in [0.2, 0.25) is 6.79 Å². The third-order valence-corrected chi connectivity index (χ3v) is 5.08. The van der Waals surface area contributed by atoms with Gasteiger partial charge in [0.1, 0.15) is 11.5 Å². The van der Waals surface area contributed by atoms with E-state index in [1.54, 1.807) is 30.3 Å². The molecule has 1 N–H and O–H groups in total. The molecule has 2 heterocycles. The van der Waals surface area contributed by atoms with Crippen LogP contribution in [0.5, 0.6) is 23.0 Å². The lowest BCUT2D eigenvalue weighted by atomic mass is 10.1. The van der Waals surface area contributed by atoms with Gasteiger partial charge in [0.15, 0.2) is 11.5 Å². The van der Waals surface area contributed by atoms with Crippen molar-refractivity contribution in [3.63, 3.8) is 0 Å². The number of ether oxygens (including phenoxy) is 3. The summed E-state index contributed by atoms with van der Waals surface area (Å²) in [5.41, 5.74) is 0.635. The van der Waals surface area contributed by atoms with Crippen molar-refractivity contribution in [3.8, 4) is 23.0 Å². The number of likely N-dealkylation sites (tertiary alicyclic amines) is 1. The van der Waals surface area contributed by atoms with Gasteiger partial charge in [-0.3, -0.25) is 4.79 Å². The van der Waals surface area contributed by atoms with Crippen LogP contribution in [0, 0.1) is 0 Å². The van der Waals surface area contributed by atoms with Gasteiger partial charge < -0.3 is 24.4 Å². The Morgan fingerprint density at radius 1 is 0.964 bits per heavy atom. The molecule has 2 aliphatic rings. The molecule has 6 heteroatoms. The first-order chi connectivity index (χ1) is 13.8. The number of amides is 1. The fourth-order valence-electron chi connectivity index (χ4n) is 3.54. The third kappa shape index (κ3) is 4.75. The van der Waals surface area contributed by atoms with Crippen LogP contribution < -0.4 is 19.5 Å². The van der Waals surface area contributed by atoms with Crippen LogP contribution in [0.1, 0.15) is 36.0 Å². The van der Waals surface area contributed by atoms with E-state index in [0.717, 1.165) is 18.7 Å². The first-order valence-electron chi connectivity index (χ1n) is 9.96. The van der Waals surface area contributed by atoms with E-state index in [1.165, 1.54) is 32.4 Å². The Morgan fingerprint density at radius 2 is 1.71 bits per heavy atom. The van der Waals surface area contributed by atoms with Crippen LogP contribution in [-0.2, 0) is 0 Å². The smallest absolute Gasteiger partial charge is 0.251 e. The first-order valence-corrected chi connectivity index (χ1v) is 9.96. The van der Waals surface area contributed by atoms with E-state index in [4.69, 9.17) is 14.2 Å². The normalized spacial score (nSPS) is 16.0. The zero-order valence-corrected chi connectivity index (χ0v) is 16.0. The Morgan fingerprint density at radius 3 is 2.54 bits per heavy atom. The van der Waals surface area contributed by atoms with E-state index in [2.05, 4.69) is 10.2 Å². The van der Waals surface area contributed by atoms with Gasteiger partial charge in [-0.05, 0) is 75.3 Å². The number of hydrogen-bond acceptors (Lipinski definition) is 5. The molecule has 6 nitrogen and oxygen atoms in total. The topological polar surface area (TPSA) is 60.0 Å². The van der Waals surface area contributed by atoms with Crippen LogP contribution in [0.15, 0.2) is 42.5 Å². The Labute approximate surface area is 165 Å². The molecule has 28 heavy (non-hydrogen) atoms. The largest absolute Gasteiger partial charge is 0.457 e. The number of rotatable bonds is 7. The molecule has 0 spiro atoms. The molecule has 2 aromatic carbocycles. The van der Waals surface area contributed by atoms with Crippen molar-refractivity contribution in [2.24, 2.45) is 0 Å². The molecule has 2 aliphatic heterocycles. The molecule has 0 aliphatic carbocycles. The number of nitrogens with zero attached hydrogens (tertiary/aromatic N) is 1. The van der Waals surface area contributed by atoms with Gasteiger partial charge in [-0.15, -0.1) is 0 Å². The van der Waals surface area contributed by atoms with Gasteiger partial charge in [-0.1, -0.05) is 6.42 Å². The zero-order valence-electron chi connectivity index (χ0n) is 16.0. The minimum atomic E-state index is -0.0479. The van der Waals surface area contributed by atoms with Crippen LogP contribution in [0.25, 0.3) is 0 Å². The molecule has 148 valence electrons. The second kappa shape index (κ2) is 8.97. The van der Waals surface area contributed by atoms with Crippen molar-refractivity contribution < 1.29 is 19.0 Å². The van der Waals surface area contributed by atoms with Crippen molar-refractivity contribution in [1.29, 1.82) is 0 Å². The summed E-state index contributed by atoms with van der Waals surface area (Å²) in [7, 11) is 0. The predicted molar refractivity (Wildman–Crippen MR) is 106 cm³/mol. The molecule has 1 fully saturated rings. The molecule has 4 rings (SSSR count). The van der Waals surface area contributed by atoms with Gasteiger partial charge >= 0.3 is 0 Å². The van der Waals surface area contributed by atoms with E-state index in [-0.39, 0.29) is 12.7 Å². The maximum Gasteiger partial charge on any atom is 0.251 e. The summed E-state index contributed by atoms with van der Waals surface area (Å²) in [6.45, 7) is 4.38. The highest BCUT2D eigenvalue weighted by atomic mass is 16.7. The maximum absolute atomic E-state index is 12.3. The van der Waals surface area contributed by atoms with E-state index in [9.17, 15) is 4.79 Å². The van der Waals surface area contributed by atoms with Crippen molar-refractivity contribution in [2.45, 2.75) is 25.7 Å². The lowest BCUT2D eigenvalue weighted by Crippen LogP contribution is -2.33. The van der Waals surface area contributed by atoms with Gasteiger partial charge in [0, 0.05) is 18.2 Å². The molecule has 0 radical (unpaired) electrons. The monoisotopic (exact) mass is 382 g/mol. The van der Waals surface area contributed by atoms with E-state index < -0.39 is 0 Å². The second-order valence-corrected chi connectivity index (χ2v) is 7.15. The molecule has 0 atom stereocenters. The molecule has 2 aromatic rings. The third-order valence-electron chi connectivity index (χ3n) is 5.08. The Balaban J connectivity index is 1.23. The van der Waals surface area contributed by atoms with E-state index in [1.807, 2.05) is 12.1 Å². The van der Waals surface area contributed by atoms with Crippen molar-refractivity contribution >= 4 is 5.91 Å². The fraction of sp³-hybridized carbons (Fsp3) is 0.409. The van der Waals surface area contributed by atoms with Crippen molar-refractivity contribution in [2.75, 3.05) is 33.0 Å². The summed E-state index contributed by atoms with van der Waals surface area (Å²) in [4.78, 5) is 14.8. The molecule has 0 unspecified atom stereocenters. The number of nitrogens with one attached hydrogen (secondary N) is 1. The van der Waals surface area contributed by atoms with Crippen molar-refractivity contribution in [3.05, 3.63) is 48.0 Å². The second-order valence-electron chi connectivity index (χ2n) is 7.15. The molecule has 1 amide bonds. The molecule has 0 saturated carbocycles. The number of piperidine rings is 1. The van der Waals surface area contributed by atoms with Gasteiger partial charge in [-0.2, -0.15) is 0 Å². The highest BCUT2D eigenvalue weighted by Crippen LogP contribution is 2.36. The predicted octanol–water partition coefficient (Wildman–Crippen LogP) is 3.81. The Hall–Kier alpha value is -2.73. The van der Waals surface area contributed by atoms with Gasteiger partial charge in [0.05, 0.1) is 0 Å².